The lowest BCUT2D eigenvalue weighted by atomic mass is 10.1. The molecule has 0 bridgehead atoms. The van der Waals surface area contributed by atoms with Crippen molar-refractivity contribution in [1.29, 1.82) is 0 Å². The van der Waals surface area contributed by atoms with Crippen molar-refractivity contribution in [2.24, 2.45) is 5.73 Å². The maximum absolute atomic E-state index is 5.54. The van der Waals surface area contributed by atoms with Crippen molar-refractivity contribution in [1.82, 2.24) is 0 Å². The molecule has 78 valence electrons. The van der Waals surface area contributed by atoms with Crippen molar-refractivity contribution >= 4 is 0 Å². The van der Waals surface area contributed by atoms with Gasteiger partial charge in [0.2, 0.25) is 0 Å². The zero-order valence-corrected chi connectivity index (χ0v) is 9.05. The summed E-state index contributed by atoms with van der Waals surface area (Å²) in [6, 6.07) is 6.21. The maximum atomic E-state index is 5.54. The number of benzene rings is 1. The molecule has 0 saturated heterocycles. The molecule has 1 rings (SSSR count). The van der Waals surface area contributed by atoms with E-state index in [0.717, 1.165) is 25.2 Å². The highest BCUT2D eigenvalue weighted by molar-refractivity contribution is 5.34. The van der Waals surface area contributed by atoms with Crippen LogP contribution >= 0.6 is 0 Å². The molecule has 0 unspecified atom stereocenters. The van der Waals surface area contributed by atoms with Gasteiger partial charge in [-0.25, -0.2) is 0 Å². The van der Waals surface area contributed by atoms with Crippen LogP contribution in [-0.4, -0.2) is 13.2 Å². The van der Waals surface area contributed by atoms with Crippen LogP contribution < -0.4 is 10.5 Å². The Balaban J connectivity index is 2.68. The summed E-state index contributed by atoms with van der Waals surface area (Å²) in [4.78, 5) is 0. The molecule has 0 heterocycles. The van der Waals surface area contributed by atoms with Crippen LogP contribution in [0.2, 0.25) is 0 Å². The van der Waals surface area contributed by atoms with Crippen LogP contribution in [0.4, 0.5) is 0 Å². The summed E-state index contributed by atoms with van der Waals surface area (Å²) in [5.41, 5.74) is 8.10. The number of hydrogen-bond donors (Lipinski definition) is 1. The van der Waals surface area contributed by atoms with Gasteiger partial charge in [-0.15, -0.1) is 0 Å². The van der Waals surface area contributed by atoms with E-state index in [1.807, 2.05) is 6.07 Å². The molecule has 2 nitrogen and oxygen atoms in total. The topological polar surface area (TPSA) is 35.2 Å². The summed E-state index contributed by atoms with van der Waals surface area (Å²) in [5.74, 6) is 0.963. The molecule has 14 heavy (non-hydrogen) atoms. The van der Waals surface area contributed by atoms with Gasteiger partial charge in [-0.2, -0.15) is 0 Å². The van der Waals surface area contributed by atoms with Crippen molar-refractivity contribution in [3.8, 4) is 5.75 Å². The molecule has 0 atom stereocenters. The third kappa shape index (κ3) is 3.04. The van der Waals surface area contributed by atoms with E-state index >= 15 is 0 Å². The Morgan fingerprint density at radius 2 is 2.14 bits per heavy atom. The van der Waals surface area contributed by atoms with Crippen molar-refractivity contribution in [3.05, 3.63) is 29.3 Å². The van der Waals surface area contributed by atoms with Crippen LogP contribution in [0.15, 0.2) is 18.2 Å². The number of rotatable bonds is 5. The lowest BCUT2D eigenvalue weighted by molar-refractivity contribution is 0.317. The Morgan fingerprint density at radius 1 is 1.36 bits per heavy atom. The van der Waals surface area contributed by atoms with Crippen molar-refractivity contribution in [3.63, 3.8) is 0 Å². The molecular weight excluding hydrogens is 174 g/mol. The van der Waals surface area contributed by atoms with E-state index in [2.05, 4.69) is 26.0 Å². The first-order valence-corrected chi connectivity index (χ1v) is 5.20. The van der Waals surface area contributed by atoms with Gasteiger partial charge in [-0.05, 0) is 49.6 Å². The molecular formula is C12H19NO. The van der Waals surface area contributed by atoms with Crippen LogP contribution in [0, 0.1) is 6.92 Å². The van der Waals surface area contributed by atoms with Gasteiger partial charge in [0.1, 0.15) is 5.75 Å². The predicted molar refractivity (Wildman–Crippen MR) is 59.7 cm³/mol. The smallest absolute Gasteiger partial charge is 0.119 e. The normalized spacial score (nSPS) is 10.2. The van der Waals surface area contributed by atoms with E-state index in [1.165, 1.54) is 11.1 Å². The maximum Gasteiger partial charge on any atom is 0.119 e. The largest absolute Gasteiger partial charge is 0.494 e. The highest BCUT2D eigenvalue weighted by Gasteiger charge is 1.99. The van der Waals surface area contributed by atoms with Crippen LogP contribution in [0.5, 0.6) is 5.75 Å². The molecule has 1 aromatic rings. The number of ether oxygens (including phenoxy) is 1. The zero-order chi connectivity index (χ0) is 10.4. The fraction of sp³-hybridized carbons (Fsp3) is 0.500. The molecule has 2 N–H and O–H groups in total. The number of hydrogen-bond acceptors (Lipinski definition) is 2. The minimum Gasteiger partial charge on any atom is -0.494 e. The quantitative estimate of drug-likeness (QED) is 0.778. The first-order chi connectivity index (χ1) is 6.77. The van der Waals surface area contributed by atoms with E-state index in [0.29, 0.717) is 6.54 Å². The summed E-state index contributed by atoms with van der Waals surface area (Å²) in [6.45, 7) is 5.70. The SMILES string of the molecule is CCCOc1ccc(CCN)c(C)c1. The summed E-state index contributed by atoms with van der Waals surface area (Å²) in [6.07, 6.45) is 1.99. The van der Waals surface area contributed by atoms with Gasteiger partial charge >= 0.3 is 0 Å². The molecule has 0 amide bonds. The summed E-state index contributed by atoms with van der Waals surface area (Å²) < 4.78 is 5.54. The monoisotopic (exact) mass is 193 g/mol. The Kier molecular flexibility index (Phi) is 4.47. The first kappa shape index (κ1) is 11.1. The molecule has 0 spiro atoms. The van der Waals surface area contributed by atoms with Crippen molar-refractivity contribution < 1.29 is 4.74 Å². The second-order valence-electron chi connectivity index (χ2n) is 3.48. The molecule has 0 aliphatic heterocycles. The highest BCUT2D eigenvalue weighted by Crippen LogP contribution is 2.17. The lowest BCUT2D eigenvalue weighted by Crippen LogP contribution is -2.04. The Morgan fingerprint density at radius 3 is 2.71 bits per heavy atom. The van der Waals surface area contributed by atoms with Gasteiger partial charge in [-0.3, -0.25) is 0 Å². The average molecular weight is 193 g/mol. The Labute approximate surface area is 86.1 Å². The third-order valence-corrected chi connectivity index (χ3v) is 2.20. The number of aryl methyl sites for hydroxylation is 1. The highest BCUT2D eigenvalue weighted by atomic mass is 16.5. The molecule has 0 aliphatic carbocycles. The van der Waals surface area contributed by atoms with E-state index < -0.39 is 0 Å². The van der Waals surface area contributed by atoms with E-state index in [-0.39, 0.29) is 0 Å². The molecule has 2 heteroatoms. The van der Waals surface area contributed by atoms with E-state index in [4.69, 9.17) is 10.5 Å². The zero-order valence-electron chi connectivity index (χ0n) is 9.05. The predicted octanol–water partition coefficient (Wildman–Crippen LogP) is 2.29. The van der Waals surface area contributed by atoms with Gasteiger partial charge in [0, 0.05) is 0 Å². The van der Waals surface area contributed by atoms with Crippen LogP contribution in [0.25, 0.3) is 0 Å². The average Bonchev–Trinajstić information content (AvgIpc) is 2.19. The van der Waals surface area contributed by atoms with Gasteiger partial charge < -0.3 is 10.5 Å². The second-order valence-corrected chi connectivity index (χ2v) is 3.48. The van der Waals surface area contributed by atoms with E-state index in [1.54, 1.807) is 0 Å². The van der Waals surface area contributed by atoms with E-state index in [9.17, 15) is 0 Å². The minimum atomic E-state index is 0.704. The van der Waals surface area contributed by atoms with Crippen LogP contribution in [0.3, 0.4) is 0 Å². The summed E-state index contributed by atoms with van der Waals surface area (Å²) in [5, 5.41) is 0. The third-order valence-electron chi connectivity index (χ3n) is 2.20. The van der Waals surface area contributed by atoms with Crippen LogP contribution in [0.1, 0.15) is 24.5 Å². The Hall–Kier alpha value is -1.02. The van der Waals surface area contributed by atoms with Crippen molar-refractivity contribution in [2.45, 2.75) is 26.7 Å². The standard InChI is InChI=1S/C12H19NO/c1-3-8-14-12-5-4-11(6-7-13)10(2)9-12/h4-5,9H,3,6-8,13H2,1-2H3. The summed E-state index contributed by atoms with van der Waals surface area (Å²) in [7, 11) is 0. The minimum absolute atomic E-state index is 0.704. The van der Waals surface area contributed by atoms with Crippen molar-refractivity contribution in [2.75, 3.05) is 13.2 Å². The molecule has 1 aromatic carbocycles. The van der Waals surface area contributed by atoms with Gasteiger partial charge in [0.25, 0.3) is 0 Å². The van der Waals surface area contributed by atoms with Crippen LogP contribution in [-0.2, 0) is 6.42 Å². The Bertz CT molecular complexity index is 284. The summed E-state index contributed by atoms with van der Waals surface area (Å²) >= 11 is 0. The second kappa shape index (κ2) is 5.66. The molecule has 0 aliphatic rings. The molecule has 0 aromatic heterocycles. The van der Waals surface area contributed by atoms with Gasteiger partial charge in [0.05, 0.1) is 6.61 Å². The van der Waals surface area contributed by atoms with Gasteiger partial charge in [-0.1, -0.05) is 13.0 Å². The molecule has 0 radical (unpaired) electrons. The molecule has 0 fully saturated rings. The fourth-order valence-corrected chi connectivity index (χ4v) is 1.41. The molecule has 0 saturated carbocycles. The fourth-order valence-electron chi connectivity index (χ4n) is 1.41. The lowest BCUT2D eigenvalue weighted by Gasteiger charge is -2.08. The first-order valence-electron chi connectivity index (χ1n) is 5.20. The number of nitrogens with two attached hydrogens (primary N) is 1. The van der Waals surface area contributed by atoms with Gasteiger partial charge in [0.15, 0.2) is 0 Å².